The summed E-state index contributed by atoms with van der Waals surface area (Å²) in [6.07, 6.45) is 3.32. The minimum absolute atomic E-state index is 0.0946. The Morgan fingerprint density at radius 3 is 2.90 bits per heavy atom. The highest BCUT2D eigenvalue weighted by molar-refractivity contribution is 5.45. The van der Waals surface area contributed by atoms with Crippen molar-refractivity contribution in [2.75, 3.05) is 6.61 Å². The van der Waals surface area contributed by atoms with Gasteiger partial charge in [0.15, 0.2) is 0 Å². The molecule has 0 saturated carbocycles. The molecule has 2 aromatic rings. The summed E-state index contributed by atoms with van der Waals surface area (Å²) in [6, 6.07) is 15.2. The Labute approximate surface area is 119 Å². The van der Waals surface area contributed by atoms with Crippen LogP contribution < -0.4 is 10.5 Å². The molecule has 0 bridgehead atoms. The van der Waals surface area contributed by atoms with Crippen molar-refractivity contribution in [1.82, 2.24) is 0 Å². The lowest BCUT2D eigenvalue weighted by Crippen LogP contribution is -2.29. The van der Waals surface area contributed by atoms with E-state index in [1.807, 2.05) is 0 Å². The summed E-state index contributed by atoms with van der Waals surface area (Å²) >= 11 is 0. The third-order valence-corrected chi connectivity index (χ3v) is 4.65. The summed E-state index contributed by atoms with van der Waals surface area (Å²) < 4.78 is 5.67. The molecule has 2 N–H and O–H groups in total. The van der Waals surface area contributed by atoms with Crippen LogP contribution in [0.1, 0.15) is 40.6 Å². The lowest BCUT2D eigenvalue weighted by atomic mass is 9.72. The Hall–Kier alpha value is -1.80. The molecule has 0 radical (unpaired) electrons. The number of benzene rings is 2. The molecule has 1 aliphatic heterocycles. The van der Waals surface area contributed by atoms with Crippen molar-refractivity contribution in [1.29, 1.82) is 0 Å². The van der Waals surface area contributed by atoms with E-state index >= 15 is 0 Å². The van der Waals surface area contributed by atoms with Gasteiger partial charge in [-0.05, 0) is 47.6 Å². The van der Waals surface area contributed by atoms with E-state index < -0.39 is 0 Å². The number of hydrogen-bond donors (Lipinski definition) is 1. The van der Waals surface area contributed by atoms with Gasteiger partial charge in [0.05, 0.1) is 6.61 Å². The highest BCUT2D eigenvalue weighted by Gasteiger charge is 2.31. The molecule has 1 heterocycles. The number of nitrogens with two attached hydrogens (primary N) is 1. The first-order valence-electron chi connectivity index (χ1n) is 7.42. The average Bonchev–Trinajstić information content (AvgIpc) is 2.48. The normalized spacial score (nSPS) is 21.1. The Kier molecular flexibility index (Phi) is 2.78. The second-order valence-electron chi connectivity index (χ2n) is 5.85. The number of ether oxygens (including phenoxy) is 1. The highest BCUT2D eigenvalue weighted by atomic mass is 16.5. The summed E-state index contributed by atoms with van der Waals surface area (Å²) in [4.78, 5) is 0. The second-order valence-corrected chi connectivity index (χ2v) is 5.85. The maximum atomic E-state index is 6.51. The van der Waals surface area contributed by atoms with Crippen molar-refractivity contribution in [3.8, 4) is 5.75 Å². The van der Waals surface area contributed by atoms with Crippen LogP contribution in [0.2, 0.25) is 0 Å². The standard InChI is InChI=1S/C18H19NO/c19-18(16-11-12-4-1-2-6-15(12)16)14-7-8-17-13(10-14)5-3-9-20-17/h1-2,4,6-8,10,16,18H,3,5,9,11,19H2. The Balaban J connectivity index is 1.62. The third-order valence-electron chi connectivity index (χ3n) is 4.65. The lowest BCUT2D eigenvalue weighted by Gasteiger charge is -2.35. The van der Waals surface area contributed by atoms with Crippen LogP contribution in [-0.4, -0.2) is 6.61 Å². The summed E-state index contributed by atoms with van der Waals surface area (Å²) in [6.45, 7) is 0.842. The largest absolute Gasteiger partial charge is 0.493 e. The van der Waals surface area contributed by atoms with Gasteiger partial charge in [0.1, 0.15) is 5.75 Å². The number of hydrogen-bond acceptors (Lipinski definition) is 2. The fourth-order valence-corrected chi connectivity index (χ4v) is 3.44. The van der Waals surface area contributed by atoms with Crippen molar-refractivity contribution < 1.29 is 4.74 Å². The maximum absolute atomic E-state index is 6.51. The van der Waals surface area contributed by atoms with Crippen LogP contribution in [0.4, 0.5) is 0 Å². The fourth-order valence-electron chi connectivity index (χ4n) is 3.44. The number of rotatable bonds is 2. The summed E-state index contributed by atoms with van der Waals surface area (Å²) in [7, 11) is 0. The zero-order chi connectivity index (χ0) is 13.5. The van der Waals surface area contributed by atoms with Gasteiger partial charge in [-0.15, -0.1) is 0 Å². The molecule has 20 heavy (non-hydrogen) atoms. The zero-order valence-electron chi connectivity index (χ0n) is 11.5. The van der Waals surface area contributed by atoms with Gasteiger partial charge in [-0.1, -0.05) is 36.4 Å². The molecule has 2 atom stereocenters. The first kappa shape index (κ1) is 12.0. The van der Waals surface area contributed by atoms with Crippen molar-refractivity contribution >= 4 is 0 Å². The van der Waals surface area contributed by atoms with Crippen molar-refractivity contribution in [3.05, 3.63) is 64.7 Å². The summed E-state index contributed by atoms with van der Waals surface area (Å²) in [5.74, 6) is 1.51. The molecule has 2 aliphatic rings. The summed E-state index contributed by atoms with van der Waals surface area (Å²) in [5.41, 5.74) is 11.9. The predicted molar refractivity (Wildman–Crippen MR) is 80.1 cm³/mol. The van der Waals surface area contributed by atoms with Gasteiger partial charge >= 0.3 is 0 Å². The molecule has 0 amide bonds. The van der Waals surface area contributed by atoms with E-state index in [1.165, 1.54) is 22.3 Å². The number of aryl methyl sites for hydroxylation is 1. The van der Waals surface area contributed by atoms with Crippen LogP contribution in [0.15, 0.2) is 42.5 Å². The molecule has 4 rings (SSSR count). The molecular formula is C18H19NO. The van der Waals surface area contributed by atoms with E-state index in [0.717, 1.165) is 31.6 Å². The Morgan fingerprint density at radius 1 is 1.10 bits per heavy atom. The first-order valence-corrected chi connectivity index (χ1v) is 7.42. The molecule has 1 aliphatic carbocycles. The van der Waals surface area contributed by atoms with E-state index in [2.05, 4.69) is 42.5 Å². The van der Waals surface area contributed by atoms with E-state index in [9.17, 15) is 0 Å². The zero-order valence-corrected chi connectivity index (χ0v) is 11.5. The monoisotopic (exact) mass is 265 g/mol. The molecule has 0 spiro atoms. The van der Waals surface area contributed by atoms with E-state index in [-0.39, 0.29) is 6.04 Å². The second kappa shape index (κ2) is 4.64. The van der Waals surface area contributed by atoms with Gasteiger partial charge in [0, 0.05) is 12.0 Å². The SMILES string of the molecule is NC(c1ccc2c(c1)CCCO2)C1Cc2ccccc21. The lowest BCUT2D eigenvalue weighted by molar-refractivity contribution is 0.288. The highest BCUT2D eigenvalue weighted by Crippen LogP contribution is 2.43. The van der Waals surface area contributed by atoms with Gasteiger partial charge in [0.2, 0.25) is 0 Å². The fraction of sp³-hybridized carbons (Fsp3) is 0.333. The van der Waals surface area contributed by atoms with Crippen LogP contribution in [0.5, 0.6) is 5.75 Å². The molecule has 2 aromatic carbocycles. The van der Waals surface area contributed by atoms with Gasteiger partial charge in [-0.2, -0.15) is 0 Å². The van der Waals surface area contributed by atoms with E-state index in [0.29, 0.717) is 5.92 Å². The molecule has 0 aromatic heterocycles. The van der Waals surface area contributed by atoms with Crippen LogP contribution >= 0.6 is 0 Å². The molecule has 2 nitrogen and oxygen atoms in total. The summed E-state index contributed by atoms with van der Waals surface area (Å²) in [5, 5.41) is 0. The van der Waals surface area contributed by atoms with Crippen LogP contribution in [0.25, 0.3) is 0 Å². The van der Waals surface area contributed by atoms with Crippen LogP contribution in [0, 0.1) is 0 Å². The van der Waals surface area contributed by atoms with E-state index in [1.54, 1.807) is 0 Å². The minimum atomic E-state index is 0.0946. The molecule has 2 unspecified atom stereocenters. The molecule has 102 valence electrons. The molecular weight excluding hydrogens is 246 g/mol. The van der Waals surface area contributed by atoms with E-state index in [4.69, 9.17) is 10.5 Å². The van der Waals surface area contributed by atoms with Crippen molar-refractivity contribution in [3.63, 3.8) is 0 Å². The Morgan fingerprint density at radius 2 is 2.00 bits per heavy atom. The topological polar surface area (TPSA) is 35.2 Å². The van der Waals surface area contributed by atoms with Gasteiger partial charge in [-0.25, -0.2) is 0 Å². The average molecular weight is 265 g/mol. The Bertz CT molecular complexity index is 650. The molecule has 2 heteroatoms. The predicted octanol–water partition coefficient (Wildman–Crippen LogP) is 3.35. The smallest absolute Gasteiger partial charge is 0.122 e. The van der Waals surface area contributed by atoms with Gasteiger partial charge in [0.25, 0.3) is 0 Å². The van der Waals surface area contributed by atoms with Gasteiger partial charge in [-0.3, -0.25) is 0 Å². The van der Waals surface area contributed by atoms with Crippen LogP contribution in [0.3, 0.4) is 0 Å². The number of fused-ring (bicyclic) bond motifs is 2. The van der Waals surface area contributed by atoms with Crippen LogP contribution in [-0.2, 0) is 12.8 Å². The maximum Gasteiger partial charge on any atom is 0.122 e. The minimum Gasteiger partial charge on any atom is -0.493 e. The van der Waals surface area contributed by atoms with Crippen molar-refractivity contribution in [2.45, 2.75) is 31.2 Å². The first-order chi connectivity index (χ1) is 9.83. The molecule has 0 saturated heterocycles. The van der Waals surface area contributed by atoms with Gasteiger partial charge < -0.3 is 10.5 Å². The molecule has 0 fully saturated rings. The van der Waals surface area contributed by atoms with Crippen molar-refractivity contribution in [2.24, 2.45) is 5.73 Å². The quantitative estimate of drug-likeness (QED) is 0.903. The third kappa shape index (κ3) is 1.83.